The van der Waals surface area contributed by atoms with Crippen LogP contribution in [-0.2, 0) is 4.79 Å². The molecule has 0 aliphatic rings. The first-order chi connectivity index (χ1) is 12.9. The Hall–Kier alpha value is -3.42. The van der Waals surface area contributed by atoms with Crippen molar-refractivity contribution < 1.29 is 19.2 Å². The molecule has 0 aliphatic carbocycles. The summed E-state index contributed by atoms with van der Waals surface area (Å²) in [5.74, 6) is -0.0454. The highest BCUT2D eigenvalue weighted by molar-refractivity contribution is 6.04. The van der Waals surface area contributed by atoms with Gasteiger partial charge in [-0.2, -0.15) is 0 Å². The maximum atomic E-state index is 12.2. The van der Waals surface area contributed by atoms with Gasteiger partial charge in [-0.25, -0.2) is 0 Å². The van der Waals surface area contributed by atoms with Crippen molar-refractivity contribution in [1.29, 1.82) is 0 Å². The number of anilines is 1. The van der Waals surface area contributed by atoms with Crippen LogP contribution in [0.2, 0.25) is 0 Å². The normalized spacial score (nSPS) is 10.1. The molecule has 0 bridgehead atoms. The number of nitro groups is 1. The summed E-state index contributed by atoms with van der Waals surface area (Å²) in [6, 6.07) is 12.0. The lowest BCUT2D eigenvalue weighted by atomic mass is 10.2. The Morgan fingerprint density at radius 2 is 1.78 bits per heavy atom. The molecule has 2 aromatic rings. The van der Waals surface area contributed by atoms with Gasteiger partial charge in [-0.1, -0.05) is 6.07 Å². The van der Waals surface area contributed by atoms with E-state index in [1.807, 2.05) is 13.8 Å². The number of carbonyl (C=O) groups is 2. The van der Waals surface area contributed by atoms with E-state index in [-0.39, 0.29) is 23.8 Å². The van der Waals surface area contributed by atoms with Crippen molar-refractivity contribution >= 4 is 23.2 Å². The van der Waals surface area contributed by atoms with Gasteiger partial charge in [0, 0.05) is 36.5 Å². The number of benzene rings is 2. The number of hydrogen-bond donors (Lipinski definition) is 1. The highest BCUT2D eigenvalue weighted by Crippen LogP contribution is 2.18. The summed E-state index contributed by atoms with van der Waals surface area (Å²) in [7, 11) is 0. The van der Waals surface area contributed by atoms with E-state index in [1.165, 1.54) is 24.3 Å². The molecule has 8 nitrogen and oxygen atoms in total. The molecule has 2 rings (SSSR count). The number of likely N-dealkylation sites (N-methyl/N-ethyl adjacent to an activating group) is 1. The van der Waals surface area contributed by atoms with Gasteiger partial charge >= 0.3 is 0 Å². The predicted octanol–water partition coefficient (Wildman–Crippen LogP) is 3.09. The van der Waals surface area contributed by atoms with Crippen molar-refractivity contribution in [2.45, 2.75) is 13.8 Å². The first-order valence-corrected chi connectivity index (χ1v) is 8.51. The molecular weight excluding hydrogens is 350 g/mol. The molecule has 0 atom stereocenters. The van der Waals surface area contributed by atoms with Gasteiger partial charge in [0.2, 0.25) is 0 Å². The smallest absolute Gasteiger partial charge is 0.270 e. The van der Waals surface area contributed by atoms with Crippen LogP contribution >= 0.6 is 0 Å². The summed E-state index contributed by atoms with van der Waals surface area (Å²) in [6.45, 7) is 5.00. The van der Waals surface area contributed by atoms with E-state index in [1.54, 1.807) is 29.2 Å². The third kappa shape index (κ3) is 5.53. The maximum Gasteiger partial charge on any atom is 0.270 e. The third-order valence-electron chi connectivity index (χ3n) is 3.91. The van der Waals surface area contributed by atoms with Crippen LogP contribution in [0, 0.1) is 10.1 Å². The lowest BCUT2D eigenvalue weighted by molar-refractivity contribution is -0.384. The quantitative estimate of drug-likeness (QED) is 0.567. The molecule has 0 saturated heterocycles. The number of carbonyl (C=O) groups excluding carboxylic acids is 2. The van der Waals surface area contributed by atoms with Crippen LogP contribution in [0.15, 0.2) is 48.5 Å². The molecule has 0 aliphatic heterocycles. The third-order valence-corrected chi connectivity index (χ3v) is 3.91. The zero-order valence-corrected chi connectivity index (χ0v) is 15.2. The average molecular weight is 371 g/mol. The SMILES string of the molecule is CCN(CC)C(=O)COc1ccc(NC(=O)c2cccc([N+](=O)[O-])c2)cc1. The summed E-state index contributed by atoms with van der Waals surface area (Å²) in [4.78, 5) is 36.0. The van der Waals surface area contributed by atoms with Crippen molar-refractivity contribution in [3.05, 3.63) is 64.2 Å². The van der Waals surface area contributed by atoms with Crippen LogP contribution in [0.5, 0.6) is 5.75 Å². The standard InChI is InChI=1S/C19H21N3O5/c1-3-21(4-2)18(23)13-27-17-10-8-15(9-11-17)20-19(24)14-6-5-7-16(12-14)22(25)26/h5-12H,3-4,13H2,1-2H3,(H,20,24). The van der Waals surface area contributed by atoms with E-state index in [0.717, 1.165) is 0 Å². The second-order valence-electron chi connectivity index (χ2n) is 5.64. The topological polar surface area (TPSA) is 102 Å². The Bertz CT molecular complexity index is 816. The molecule has 0 unspecified atom stereocenters. The molecule has 8 heteroatoms. The number of nitro benzene ring substituents is 1. The van der Waals surface area contributed by atoms with Gasteiger partial charge in [-0.3, -0.25) is 19.7 Å². The van der Waals surface area contributed by atoms with Gasteiger partial charge in [0.1, 0.15) is 5.75 Å². The van der Waals surface area contributed by atoms with Gasteiger partial charge in [-0.05, 0) is 44.2 Å². The van der Waals surface area contributed by atoms with Crippen LogP contribution in [0.1, 0.15) is 24.2 Å². The van der Waals surface area contributed by atoms with E-state index in [9.17, 15) is 19.7 Å². The molecule has 2 amide bonds. The van der Waals surface area contributed by atoms with E-state index in [0.29, 0.717) is 24.5 Å². The molecular formula is C19H21N3O5. The summed E-state index contributed by atoms with van der Waals surface area (Å²) < 4.78 is 5.46. The zero-order chi connectivity index (χ0) is 19.8. The fourth-order valence-corrected chi connectivity index (χ4v) is 2.41. The van der Waals surface area contributed by atoms with Crippen molar-refractivity contribution in [3.63, 3.8) is 0 Å². The van der Waals surface area contributed by atoms with Crippen LogP contribution in [0.25, 0.3) is 0 Å². The number of rotatable bonds is 8. The Morgan fingerprint density at radius 1 is 1.11 bits per heavy atom. The second kappa shape index (κ2) is 9.33. The van der Waals surface area contributed by atoms with Crippen molar-refractivity contribution in [3.8, 4) is 5.75 Å². The highest BCUT2D eigenvalue weighted by Gasteiger charge is 2.12. The average Bonchev–Trinajstić information content (AvgIpc) is 2.68. The van der Waals surface area contributed by atoms with Crippen LogP contribution in [0.4, 0.5) is 11.4 Å². The maximum absolute atomic E-state index is 12.2. The van der Waals surface area contributed by atoms with E-state index in [4.69, 9.17) is 4.74 Å². The first kappa shape index (κ1) is 19.9. The molecule has 0 saturated carbocycles. The molecule has 1 N–H and O–H groups in total. The van der Waals surface area contributed by atoms with E-state index < -0.39 is 10.8 Å². The zero-order valence-electron chi connectivity index (χ0n) is 15.2. The second-order valence-corrected chi connectivity index (χ2v) is 5.64. The number of hydrogen-bond acceptors (Lipinski definition) is 5. The summed E-state index contributed by atoms with van der Waals surface area (Å²) in [5, 5.41) is 13.5. The van der Waals surface area contributed by atoms with Crippen molar-refractivity contribution in [1.82, 2.24) is 4.90 Å². The largest absolute Gasteiger partial charge is 0.484 e. The number of nitrogens with zero attached hydrogens (tertiary/aromatic N) is 2. The molecule has 0 spiro atoms. The van der Waals surface area contributed by atoms with E-state index in [2.05, 4.69) is 5.32 Å². The lowest BCUT2D eigenvalue weighted by Crippen LogP contribution is -2.34. The Morgan fingerprint density at radius 3 is 2.37 bits per heavy atom. The summed E-state index contributed by atoms with van der Waals surface area (Å²) in [6.07, 6.45) is 0. The fourth-order valence-electron chi connectivity index (χ4n) is 2.41. The minimum Gasteiger partial charge on any atom is -0.484 e. The number of nitrogens with one attached hydrogen (secondary N) is 1. The molecule has 0 aromatic heterocycles. The highest BCUT2D eigenvalue weighted by atomic mass is 16.6. The molecule has 0 heterocycles. The Kier molecular flexibility index (Phi) is 6.87. The van der Waals surface area contributed by atoms with Crippen LogP contribution in [0.3, 0.4) is 0 Å². The van der Waals surface area contributed by atoms with Gasteiger partial charge < -0.3 is 15.0 Å². The van der Waals surface area contributed by atoms with Crippen molar-refractivity contribution in [2.24, 2.45) is 0 Å². The predicted molar refractivity (Wildman–Crippen MR) is 101 cm³/mol. The minimum atomic E-state index is -0.553. The van der Waals surface area contributed by atoms with E-state index >= 15 is 0 Å². The van der Waals surface area contributed by atoms with Crippen molar-refractivity contribution in [2.75, 3.05) is 25.0 Å². The minimum absolute atomic E-state index is 0.0545. The molecule has 142 valence electrons. The van der Waals surface area contributed by atoms with Gasteiger partial charge in [0.05, 0.1) is 4.92 Å². The van der Waals surface area contributed by atoms with Crippen LogP contribution < -0.4 is 10.1 Å². The lowest BCUT2D eigenvalue weighted by Gasteiger charge is -2.18. The Balaban J connectivity index is 1.95. The van der Waals surface area contributed by atoms with Gasteiger partial charge in [-0.15, -0.1) is 0 Å². The molecule has 2 aromatic carbocycles. The number of non-ortho nitro benzene ring substituents is 1. The summed E-state index contributed by atoms with van der Waals surface area (Å²) in [5.41, 5.74) is 0.549. The number of ether oxygens (including phenoxy) is 1. The molecule has 0 radical (unpaired) electrons. The molecule has 27 heavy (non-hydrogen) atoms. The number of amides is 2. The molecule has 0 fully saturated rings. The monoisotopic (exact) mass is 371 g/mol. The van der Waals surface area contributed by atoms with Gasteiger partial charge in [0.15, 0.2) is 6.61 Å². The van der Waals surface area contributed by atoms with Gasteiger partial charge in [0.25, 0.3) is 17.5 Å². The first-order valence-electron chi connectivity index (χ1n) is 8.51. The van der Waals surface area contributed by atoms with Crippen LogP contribution in [-0.4, -0.2) is 41.3 Å². The summed E-state index contributed by atoms with van der Waals surface area (Å²) >= 11 is 0. The Labute approximate surface area is 156 Å². The fraction of sp³-hybridized carbons (Fsp3) is 0.263.